The Morgan fingerprint density at radius 3 is 2.94 bits per heavy atom. The first kappa shape index (κ1) is 13.1. The van der Waals surface area contributed by atoms with Crippen molar-refractivity contribution in [3.63, 3.8) is 0 Å². The second kappa shape index (κ2) is 6.55. The first-order valence-electron chi connectivity index (χ1n) is 6.84. The summed E-state index contributed by atoms with van der Waals surface area (Å²) in [6, 6.07) is 8.29. The molecule has 0 saturated carbocycles. The second-order valence-corrected chi connectivity index (χ2v) is 5.01. The van der Waals surface area contributed by atoms with Crippen molar-refractivity contribution in [2.75, 3.05) is 13.1 Å². The van der Waals surface area contributed by atoms with E-state index < -0.39 is 0 Å². The number of carbonyl (C=O) groups excluding carboxylic acids is 1. The third-order valence-corrected chi connectivity index (χ3v) is 3.58. The smallest absolute Gasteiger partial charge is 0.251 e. The maximum atomic E-state index is 12.0. The van der Waals surface area contributed by atoms with Gasteiger partial charge in [-0.25, -0.2) is 0 Å². The lowest BCUT2D eigenvalue weighted by Gasteiger charge is -2.23. The molecule has 1 saturated heterocycles. The first-order valence-corrected chi connectivity index (χ1v) is 6.84. The van der Waals surface area contributed by atoms with Gasteiger partial charge in [0, 0.05) is 18.2 Å². The van der Waals surface area contributed by atoms with Crippen molar-refractivity contribution >= 4 is 5.91 Å². The Kier molecular flexibility index (Phi) is 4.76. The monoisotopic (exact) mass is 246 g/mol. The predicted molar refractivity (Wildman–Crippen MR) is 73.8 cm³/mol. The number of benzene rings is 1. The van der Waals surface area contributed by atoms with Gasteiger partial charge in [-0.15, -0.1) is 0 Å². The number of nitrogens with one attached hydrogen (secondary N) is 2. The number of rotatable bonds is 4. The second-order valence-electron chi connectivity index (χ2n) is 5.01. The number of hydrogen-bond donors (Lipinski definition) is 2. The summed E-state index contributed by atoms with van der Waals surface area (Å²) in [6.45, 7) is 3.85. The Morgan fingerprint density at radius 1 is 1.39 bits per heavy atom. The number of aryl methyl sites for hydroxylation is 1. The maximum absolute atomic E-state index is 12.0. The van der Waals surface area contributed by atoms with Crippen LogP contribution in [-0.2, 0) is 0 Å². The van der Waals surface area contributed by atoms with E-state index in [1.54, 1.807) is 0 Å². The van der Waals surface area contributed by atoms with E-state index in [-0.39, 0.29) is 5.91 Å². The summed E-state index contributed by atoms with van der Waals surface area (Å²) in [5.41, 5.74) is 1.82. The first-order chi connectivity index (χ1) is 8.77. The molecule has 1 aromatic carbocycles. The normalized spacial score (nSPS) is 19.5. The summed E-state index contributed by atoms with van der Waals surface area (Å²) in [7, 11) is 0. The van der Waals surface area contributed by atoms with Gasteiger partial charge in [0.1, 0.15) is 0 Å². The SMILES string of the molecule is Cc1ccccc1C(=O)NCCC1CCCCN1. The number of piperidine rings is 1. The van der Waals surface area contributed by atoms with Gasteiger partial charge in [-0.05, 0) is 44.4 Å². The molecule has 1 amide bonds. The van der Waals surface area contributed by atoms with E-state index in [0.29, 0.717) is 6.04 Å². The highest BCUT2D eigenvalue weighted by atomic mass is 16.1. The molecule has 1 fully saturated rings. The highest BCUT2D eigenvalue weighted by molar-refractivity contribution is 5.95. The molecule has 98 valence electrons. The van der Waals surface area contributed by atoms with Gasteiger partial charge in [-0.2, -0.15) is 0 Å². The summed E-state index contributed by atoms with van der Waals surface area (Å²) >= 11 is 0. The third kappa shape index (κ3) is 3.57. The van der Waals surface area contributed by atoms with Crippen LogP contribution in [-0.4, -0.2) is 25.0 Å². The van der Waals surface area contributed by atoms with Crippen molar-refractivity contribution in [2.24, 2.45) is 0 Å². The Balaban J connectivity index is 1.76. The van der Waals surface area contributed by atoms with Gasteiger partial charge in [-0.3, -0.25) is 4.79 Å². The fourth-order valence-electron chi connectivity index (χ4n) is 2.45. The van der Waals surface area contributed by atoms with Gasteiger partial charge in [-0.1, -0.05) is 24.6 Å². The molecular formula is C15H22N2O. The third-order valence-electron chi connectivity index (χ3n) is 3.58. The standard InChI is InChI=1S/C15H22N2O/c1-12-6-2-3-8-14(12)15(18)17-11-9-13-7-4-5-10-16-13/h2-3,6,8,13,16H,4-5,7,9-11H2,1H3,(H,17,18). The van der Waals surface area contributed by atoms with Crippen LogP contribution in [0.2, 0.25) is 0 Å². The lowest BCUT2D eigenvalue weighted by Crippen LogP contribution is -2.37. The topological polar surface area (TPSA) is 41.1 Å². The van der Waals surface area contributed by atoms with E-state index >= 15 is 0 Å². The van der Waals surface area contributed by atoms with Gasteiger partial charge >= 0.3 is 0 Å². The molecule has 2 N–H and O–H groups in total. The summed E-state index contributed by atoms with van der Waals surface area (Å²) in [6.07, 6.45) is 4.85. The number of carbonyl (C=O) groups is 1. The van der Waals surface area contributed by atoms with Gasteiger partial charge < -0.3 is 10.6 Å². The largest absolute Gasteiger partial charge is 0.352 e. The molecule has 0 aliphatic carbocycles. The zero-order chi connectivity index (χ0) is 12.8. The molecule has 1 aliphatic heterocycles. The zero-order valence-electron chi connectivity index (χ0n) is 11.0. The zero-order valence-corrected chi connectivity index (χ0v) is 11.0. The van der Waals surface area contributed by atoms with E-state index in [4.69, 9.17) is 0 Å². The van der Waals surface area contributed by atoms with Crippen molar-refractivity contribution in [2.45, 2.75) is 38.6 Å². The summed E-state index contributed by atoms with van der Waals surface area (Å²) in [5, 5.41) is 6.50. The van der Waals surface area contributed by atoms with Crippen LogP contribution in [0.3, 0.4) is 0 Å². The van der Waals surface area contributed by atoms with Crippen LogP contribution in [0.15, 0.2) is 24.3 Å². The molecule has 0 radical (unpaired) electrons. The van der Waals surface area contributed by atoms with E-state index in [9.17, 15) is 4.79 Å². The lowest BCUT2D eigenvalue weighted by atomic mass is 10.0. The minimum absolute atomic E-state index is 0.0453. The molecule has 1 heterocycles. The molecule has 1 atom stereocenters. The molecule has 3 nitrogen and oxygen atoms in total. The maximum Gasteiger partial charge on any atom is 0.251 e. The molecule has 2 rings (SSSR count). The van der Waals surface area contributed by atoms with E-state index in [0.717, 1.165) is 30.6 Å². The van der Waals surface area contributed by atoms with Crippen LogP contribution >= 0.6 is 0 Å². The lowest BCUT2D eigenvalue weighted by molar-refractivity contribution is 0.0951. The Morgan fingerprint density at radius 2 is 2.22 bits per heavy atom. The number of amides is 1. The van der Waals surface area contributed by atoms with Gasteiger partial charge in [0.25, 0.3) is 5.91 Å². The van der Waals surface area contributed by atoms with E-state index in [1.807, 2.05) is 31.2 Å². The van der Waals surface area contributed by atoms with Crippen molar-refractivity contribution < 1.29 is 4.79 Å². The van der Waals surface area contributed by atoms with Crippen LogP contribution in [0.1, 0.15) is 41.6 Å². The quantitative estimate of drug-likeness (QED) is 0.855. The molecule has 1 aliphatic rings. The fraction of sp³-hybridized carbons (Fsp3) is 0.533. The highest BCUT2D eigenvalue weighted by Gasteiger charge is 2.13. The molecule has 3 heteroatoms. The Labute approximate surface area is 109 Å². The van der Waals surface area contributed by atoms with E-state index in [1.165, 1.54) is 19.3 Å². The van der Waals surface area contributed by atoms with Crippen LogP contribution in [0.4, 0.5) is 0 Å². The fourth-order valence-corrected chi connectivity index (χ4v) is 2.45. The van der Waals surface area contributed by atoms with Crippen LogP contribution in [0.25, 0.3) is 0 Å². The average Bonchev–Trinajstić information content (AvgIpc) is 2.40. The highest BCUT2D eigenvalue weighted by Crippen LogP contribution is 2.10. The van der Waals surface area contributed by atoms with Gasteiger partial charge in [0.15, 0.2) is 0 Å². The van der Waals surface area contributed by atoms with Crippen molar-refractivity contribution in [3.8, 4) is 0 Å². The Bertz CT molecular complexity index is 397. The molecule has 1 unspecified atom stereocenters. The van der Waals surface area contributed by atoms with Crippen molar-refractivity contribution in [3.05, 3.63) is 35.4 Å². The number of hydrogen-bond acceptors (Lipinski definition) is 2. The van der Waals surface area contributed by atoms with Gasteiger partial charge in [0.05, 0.1) is 0 Å². The van der Waals surface area contributed by atoms with E-state index in [2.05, 4.69) is 10.6 Å². The molecule has 0 bridgehead atoms. The summed E-state index contributed by atoms with van der Waals surface area (Å²) in [5.74, 6) is 0.0453. The molecule has 0 aromatic heterocycles. The van der Waals surface area contributed by atoms with Crippen molar-refractivity contribution in [1.29, 1.82) is 0 Å². The van der Waals surface area contributed by atoms with Crippen LogP contribution in [0, 0.1) is 6.92 Å². The molecule has 18 heavy (non-hydrogen) atoms. The Hall–Kier alpha value is -1.35. The predicted octanol–water partition coefficient (Wildman–Crippen LogP) is 2.26. The summed E-state index contributed by atoms with van der Waals surface area (Å²) in [4.78, 5) is 12.0. The van der Waals surface area contributed by atoms with Crippen LogP contribution < -0.4 is 10.6 Å². The minimum atomic E-state index is 0.0453. The summed E-state index contributed by atoms with van der Waals surface area (Å²) < 4.78 is 0. The average molecular weight is 246 g/mol. The minimum Gasteiger partial charge on any atom is -0.352 e. The molecule has 0 spiro atoms. The van der Waals surface area contributed by atoms with Gasteiger partial charge in [0.2, 0.25) is 0 Å². The van der Waals surface area contributed by atoms with Crippen LogP contribution in [0.5, 0.6) is 0 Å². The van der Waals surface area contributed by atoms with Crippen molar-refractivity contribution in [1.82, 2.24) is 10.6 Å². The molecule has 1 aromatic rings. The molecular weight excluding hydrogens is 224 g/mol.